The van der Waals surface area contributed by atoms with Crippen LogP contribution in [0.4, 0.5) is 0 Å². The van der Waals surface area contributed by atoms with Gasteiger partial charge in [-0.05, 0) is 12.1 Å². The van der Waals surface area contributed by atoms with Gasteiger partial charge in [-0.25, -0.2) is 4.98 Å². The predicted octanol–water partition coefficient (Wildman–Crippen LogP) is 3.39. The van der Waals surface area contributed by atoms with Crippen LogP contribution < -0.4 is 0 Å². The molecule has 21 heavy (non-hydrogen) atoms. The molecule has 0 aliphatic rings. The van der Waals surface area contributed by atoms with Gasteiger partial charge in [-0.1, -0.05) is 36.4 Å². The molecule has 0 amide bonds. The minimum atomic E-state index is 0.425. The van der Waals surface area contributed by atoms with Gasteiger partial charge < -0.3 is 4.57 Å². The second-order valence-electron chi connectivity index (χ2n) is 5.02. The van der Waals surface area contributed by atoms with Crippen molar-refractivity contribution in [3.8, 4) is 12.0 Å². The molecule has 2 aromatic carbocycles. The third kappa shape index (κ3) is 1.58. The maximum atomic E-state index is 9.06. The summed E-state index contributed by atoms with van der Waals surface area (Å²) in [5.41, 5.74) is 2.61. The number of imidazole rings is 1. The maximum absolute atomic E-state index is 9.06. The molecular formula is C17H12N4. The molecule has 0 fully saturated rings. The van der Waals surface area contributed by atoms with Crippen molar-refractivity contribution in [3.63, 3.8) is 0 Å². The smallest absolute Gasteiger partial charge is 0.215 e. The summed E-state index contributed by atoms with van der Waals surface area (Å²) in [6.07, 6.45) is 1.75. The molecular weight excluding hydrogens is 260 g/mol. The highest BCUT2D eigenvalue weighted by Crippen LogP contribution is 2.31. The lowest BCUT2D eigenvalue weighted by atomic mass is 10.2. The van der Waals surface area contributed by atoms with Crippen LogP contribution in [0, 0.1) is 11.3 Å². The van der Waals surface area contributed by atoms with Crippen LogP contribution in [0.5, 0.6) is 0 Å². The third-order valence-electron chi connectivity index (χ3n) is 3.75. The Morgan fingerprint density at radius 2 is 1.52 bits per heavy atom. The van der Waals surface area contributed by atoms with E-state index in [9.17, 15) is 0 Å². The molecule has 4 nitrogen and oxygen atoms in total. The van der Waals surface area contributed by atoms with Crippen LogP contribution in [-0.2, 0) is 7.05 Å². The lowest BCUT2D eigenvalue weighted by Crippen LogP contribution is -2.02. The van der Waals surface area contributed by atoms with Crippen molar-refractivity contribution in [2.45, 2.75) is 0 Å². The summed E-state index contributed by atoms with van der Waals surface area (Å²) >= 11 is 0. The Kier molecular flexibility index (Phi) is 2.36. The number of aromatic nitrogens is 3. The SMILES string of the molecule is Cn1cc(C#N)nc1-n1c2ccccc2c2ccccc21. The summed E-state index contributed by atoms with van der Waals surface area (Å²) < 4.78 is 3.99. The summed E-state index contributed by atoms with van der Waals surface area (Å²) in [7, 11) is 1.91. The van der Waals surface area contributed by atoms with E-state index in [-0.39, 0.29) is 0 Å². The molecule has 0 bridgehead atoms. The van der Waals surface area contributed by atoms with Crippen LogP contribution in [0.3, 0.4) is 0 Å². The molecule has 0 saturated carbocycles. The summed E-state index contributed by atoms with van der Waals surface area (Å²) in [5, 5.41) is 11.4. The van der Waals surface area contributed by atoms with Gasteiger partial charge in [-0.2, -0.15) is 5.26 Å². The number of aryl methyl sites for hydroxylation is 1. The molecule has 0 aliphatic carbocycles. The van der Waals surface area contributed by atoms with Crippen LogP contribution in [0.25, 0.3) is 27.8 Å². The molecule has 2 aromatic heterocycles. The van der Waals surface area contributed by atoms with E-state index < -0.39 is 0 Å². The average molecular weight is 272 g/mol. The van der Waals surface area contributed by atoms with Gasteiger partial charge >= 0.3 is 0 Å². The van der Waals surface area contributed by atoms with Crippen LogP contribution in [-0.4, -0.2) is 14.1 Å². The van der Waals surface area contributed by atoms with E-state index in [0.29, 0.717) is 5.69 Å². The Balaban J connectivity index is 2.20. The number of fused-ring (bicyclic) bond motifs is 3. The Morgan fingerprint density at radius 3 is 2.05 bits per heavy atom. The number of nitrogens with zero attached hydrogens (tertiary/aromatic N) is 4. The number of hydrogen-bond donors (Lipinski definition) is 0. The molecule has 0 N–H and O–H groups in total. The number of hydrogen-bond acceptors (Lipinski definition) is 2. The Bertz CT molecular complexity index is 961. The van der Waals surface area contributed by atoms with Crippen LogP contribution >= 0.6 is 0 Å². The van der Waals surface area contributed by atoms with Crippen molar-refractivity contribution in [2.24, 2.45) is 7.05 Å². The minimum absolute atomic E-state index is 0.425. The second-order valence-corrected chi connectivity index (χ2v) is 5.02. The highest BCUT2D eigenvalue weighted by Gasteiger charge is 2.15. The molecule has 100 valence electrons. The molecule has 0 aliphatic heterocycles. The monoisotopic (exact) mass is 272 g/mol. The van der Waals surface area contributed by atoms with Crippen molar-refractivity contribution < 1.29 is 0 Å². The van der Waals surface area contributed by atoms with Gasteiger partial charge in [0.05, 0.1) is 11.0 Å². The van der Waals surface area contributed by atoms with E-state index in [0.717, 1.165) is 17.0 Å². The topological polar surface area (TPSA) is 46.5 Å². The lowest BCUT2D eigenvalue weighted by molar-refractivity contribution is 0.846. The molecule has 0 spiro atoms. The van der Waals surface area contributed by atoms with Crippen molar-refractivity contribution in [3.05, 3.63) is 60.4 Å². The zero-order valence-corrected chi connectivity index (χ0v) is 11.5. The molecule has 0 radical (unpaired) electrons. The predicted molar refractivity (Wildman–Crippen MR) is 82.3 cm³/mol. The molecule has 2 heterocycles. The zero-order valence-electron chi connectivity index (χ0n) is 11.5. The van der Waals surface area contributed by atoms with E-state index >= 15 is 0 Å². The van der Waals surface area contributed by atoms with Gasteiger partial charge in [0, 0.05) is 24.0 Å². The van der Waals surface area contributed by atoms with Gasteiger partial charge in [0.25, 0.3) is 0 Å². The zero-order chi connectivity index (χ0) is 14.4. The second kappa shape index (κ2) is 4.22. The van der Waals surface area contributed by atoms with Crippen LogP contribution in [0.15, 0.2) is 54.7 Å². The van der Waals surface area contributed by atoms with E-state index in [1.54, 1.807) is 6.20 Å². The molecule has 4 rings (SSSR count). The fourth-order valence-corrected chi connectivity index (χ4v) is 2.86. The molecule has 0 unspecified atom stereocenters. The fraction of sp³-hybridized carbons (Fsp3) is 0.0588. The van der Waals surface area contributed by atoms with Gasteiger partial charge in [0.1, 0.15) is 6.07 Å². The standard InChI is InChI=1S/C17H12N4/c1-20-11-12(10-18)19-17(20)21-15-8-4-2-6-13(15)14-7-3-5-9-16(14)21/h2-9,11H,1H3. The number of benzene rings is 2. The molecule has 0 atom stereocenters. The van der Waals surface area contributed by atoms with Crippen LogP contribution in [0.1, 0.15) is 5.69 Å². The van der Waals surface area contributed by atoms with Crippen molar-refractivity contribution in [1.29, 1.82) is 5.26 Å². The first-order valence-electron chi connectivity index (χ1n) is 6.71. The first-order chi connectivity index (χ1) is 10.3. The number of rotatable bonds is 1. The van der Waals surface area contributed by atoms with Crippen molar-refractivity contribution >= 4 is 21.8 Å². The molecule has 4 aromatic rings. The van der Waals surface area contributed by atoms with E-state index in [1.165, 1.54) is 10.8 Å². The minimum Gasteiger partial charge on any atom is -0.318 e. The number of nitriles is 1. The molecule has 4 heteroatoms. The summed E-state index contributed by atoms with van der Waals surface area (Å²) in [6.45, 7) is 0. The Labute approximate surface area is 121 Å². The quantitative estimate of drug-likeness (QED) is 0.533. The first-order valence-corrected chi connectivity index (χ1v) is 6.71. The Morgan fingerprint density at radius 1 is 0.952 bits per heavy atom. The number of para-hydroxylation sites is 2. The summed E-state index contributed by atoms with van der Waals surface area (Å²) in [6, 6.07) is 18.6. The summed E-state index contributed by atoms with van der Waals surface area (Å²) in [4.78, 5) is 4.44. The third-order valence-corrected chi connectivity index (χ3v) is 3.75. The van der Waals surface area contributed by atoms with E-state index in [4.69, 9.17) is 5.26 Å². The molecule has 0 saturated heterocycles. The fourth-order valence-electron chi connectivity index (χ4n) is 2.86. The highest BCUT2D eigenvalue weighted by molar-refractivity contribution is 6.08. The average Bonchev–Trinajstić information content (AvgIpc) is 3.05. The van der Waals surface area contributed by atoms with Crippen LogP contribution in [0.2, 0.25) is 0 Å². The van der Waals surface area contributed by atoms with Gasteiger partial charge in [-0.15, -0.1) is 0 Å². The van der Waals surface area contributed by atoms with Crippen molar-refractivity contribution in [1.82, 2.24) is 14.1 Å². The van der Waals surface area contributed by atoms with E-state index in [1.807, 2.05) is 35.9 Å². The highest BCUT2D eigenvalue weighted by atomic mass is 15.2. The summed E-state index contributed by atoms with van der Waals surface area (Å²) in [5.74, 6) is 0.754. The first kappa shape index (κ1) is 11.7. The van der Waals surface area contributed by atoms with Crippen molar-refractivity contribution in [2.75, 3.05) is 0 Å². The van der Waals surface area contributed by atoms with Gasteiger partial charge in [0.15, 0.2) is 5.69 Å². The lowest BCUT2D eigenvalue weighted by Gasteiger charge is -2.06. The maximum Gasteiger partial charge on any atom is 0.215 e. The largest absolute Gasteiger partial charge is 0.318 e. The van der Waals surface area contributed by atoms with Gasteiger partial charge in [-0.3, -0.25) is 4.57 Å². The van der Waals surface area contributed by atoms with E-state index in [2.05, 4.69) is 39.9 Å². The van der Waals surface area contributed by atoms with Gasteiger partial charge in [0.2, 0.25) is 5.95 Å². The normalized spacial score (nSPS) is 11.0. The Hall–Kier alpha value is -3.06.